The molecule has 0 spiro atoms. The lowest BCUT2D eigenvalue weighted by molar-refractivity contribution is -0.136. The predicted octanol–water partition coefficient (Wildman–Crippen LogP) is 2.05. The Morgan fingerprint density at radius 1 is 1.44 bits per heavy atom. The Bertz CT molecular complexity index is 117. The standard InChI is InChI=1S/C3H2Cl4O2/c4-1(2(8)9)3(5,6)7/h1H,(H,8,9). The quantitative estimate of drug-likeness (QED) is 0.675. The van der Waals surface area contributed by atoms with E-state index in [1.807, 2.05) is 0 Å². The van der Waals surface area contributed by atoms with Crippen LogP contribution in [0.5, 0.6) is 0 Å². The van der Waals surface area contributed by atoms with Gasteiger partial charge < -0.3 is 5.11 Å². The molecule has 9 heavy (non-hydrogen) atoms. The maximum absolute atomic E-state index is 9.96. The maximum atomic E-state index is 9.96. The monoisotopic (exact) mass is 210 g/mol. The van der Waals surface area contributed by atoms with Gasteiger partial charge in [0, 0.05) is 0 Å². The number of carboxylic acid groups (broad SMARTS) is 1. The minimum atomic E-state index is -1.94. The number of hydrogen-bond donors (Lipinski definition) is 1. The van der Waals surface area contributed by atoms with Gasteiger partial charge in [-0.3, -0.25) is 4.79 Å². The van der Waals surface area contributed by atoms with Crippen LogP contribution < -0.4 is 0 Å². The molecule has 0 aromatic heterocycles. The SMILES string of the molecule is O=C(O)C(Cl)C(Cl)(Cl)Cl. The fourth-order valence-electron chi connectivity index (χ4n) is 0.140. The second-order valence-electron chi connectivity index (χ2n) is 1.24. The average Bonchev–Trinajstić information content (AvgIpc) is 1.62. The molecule has 0 aromatic rings. The lowest BCUT2D eigenvalue weighted by Crippen LogP contribution is -2.28. The first-order valence-corrected chi connectivity index (χ1v) is 3.36. The lowest BCUT2D eigenvalue weighted by Gasteiger charge is -2.12. The lowest BCUT2D eigenvalue weighted by atomic mass is 10.5. The fraction of sp³-hybridized carbons (Fsp3) is 0.667. The maximum Gasteiger partial charge on any atom is 0.326 e. The molecule has 0 bridgehead atoms. The zero-order valence-corrected chi connectivity index (χ0v) is 6.97. The molecule has 0 heterocycles. The van der Waals surface area contributed by atoms with E-state index in [0.717, 1.165) is 0 Å². The first-order valence-electron chi connectivity index (χ1n) is 1.79. The summed E-state index contributed by atoms with van der Waals surface area (Å²) >= 11 is 20.4. The van der Waals surface area contributed by atoms with Crippen LogP contribution in [0, 0.1) is 0 Å². The zero-order chi connectivity index (χ0) is 7.65. The van der Waals surface area contributed by atoms with Crippen molar-refractivity contribution < 1.29 is 9.90 Å². The molecule has 0 saturated carbocycles. The molecule has 1 atom stereocenters. The van der Waals surface area contributed by atoms with E-state index in [-0.39, 0.29) is 0 Å². The summed E-state index contributed by atoms with van der Waals surface area (Å²) in [5.74, 6) is -1.35. The summed E-state index contributed by atoms with van der Waals surface area (Å²) in [6.07, 6.45) is 0. The molecule has 0 rings (SSSR count). The van der Waals surface area contributed by atoms with E-state index < -0.39 is 15.1 Å². The van der Waals surface area contributed by atoms with Gasteiger partial charge in [0.2, 0.25) is 3.79 Å². The van der Waals surface area contributed by atoms with Crippen LogP contribution in [0.2, 0.25) is 0 Å². The summed E-state index contributed by atoms with van der Waals surface area (Å²) in [6, 6.07) is 0. The van der Waals surface area contributed by atoms with Gasteiger partial charge in [-0.05, 0) is 0 Å². The van der Waals surface area contributed by atoms with Crippen LogP contribution in [0.25, 0.3) is 0 Å². The number of halogens is 4. The fourth-order valence-corrected chi connectivity index (χ4v) is 0.420. The molecule has 0 saturated heterocycles. The Labute approximate surface area is 71.6 Å². The van der Waals surface area contributed by atoms with E-state index in [4.69, 9.17) is 51.5 Å². The molecule has 2 nitrogen and oxygen atoms in total. The first kappa shape index (κ1) is 9.63. The van der Waals surface area contributed by atoms with Crippen LogP contribution in [-0.2, 0) is 4.79 Å². The zero-order valence-electron chi connectivity index (χ0n) is 3.94. The predicted molar refractivity (Wildman–Crippen MR) is 37.6 cm³/mol. The van der Waals surface area contributed by atoms with Gasteiger partial charge in [-0.2, -0.15) is 0 Å². The van der Waals surface area contributed by atoms with Crippen LogP contribution in [0.15, 0.2) is 0 Å². The summed E-state index contributed by atoms with van der Waals surface area (Å²) in [6.45, 7) is 0. The number of alkyl halides is 4. The van der Waals surface area contributed by atoms with Gasteiger partial charge in [-0.1, -0.05) is 34.8 Å². The topological polar surface area (TPSA) is 37.3 Å². The molecule has 54 valence electrons. The average molecular weight is 212 g/mol. The molecule has 0 amide bonds. The van der Waals surface area contributed by atoms with Crippen molar-refractivity contribution in [1.29, 1.82) is 0 Å². The number of rotatable bonds is 1. The van der Waals surface area contributed by atoms with E-state index in [1.54, 1.807) is 0 Å². The van der Waals surface area contributed by atoms with Crippen molar-refractivity contribution in [2.75, 3.05) is 0 Å². The molecule has 1 unspecified atom stereocenters. The largest absolute Gasteiger partial charge is 0.480 e. The van der Waals surface area contributed by atoms with Crippen LogP contribution in [-0.4, -0.2) is 20.2 Å². The third-order valence-corrected chi connectivity index (χ3v) is 2.01. The number of carboxylic acids is 1. The molecule has 0 aliphatic heterocycles. The van der Waals surface area contributed by atoms with Gasteiger partial charge in [0.05, 0.1) is 0 Å². The third-order valence-electron chi connectivity index (χ3n) is 0.504. The Kier molecular flexibility index (Phi) is 3.37. The molecule has 0 radical (unpaired) electrons. The van der Waals surface area contributed by atoms with E-state index in [2.05, 4.69) is 0 Å². The molecule has 6 heteroatoms. The number of hydrogen-bond acceptors (Lipinski definition) is 1. The second kappa shape index (κ2) is 3.15. The van der Waals surface area contributed by atoms with Gasteiger partial charge in [-0.15, -0.1) is 11.6 Å². The molecule has 1 N–H and O–H groups in total. The molecule has 0 aliphatic carbocycles. The second-order valence-corrected chi connectivity index (χ2v) is 4.05. The highest BCUT2D eigenvalue weighted by molar-refractivity contribution is 6.71. The first-order chi connectivity index (χ1) is 3.85. The van der Waals surface area contributed by atoms with Gasteiger partial charge in [0.1, 0.15) is 0 Å². The van der Waals surface area contributed by atoms with Crippen molar-refractivity contribution in [3.8, 4) is 0 Å². The molecular formula is C3H2Cl4O2. The van der Waals surface area contributed by atoms with Crippen LogP contribution in [0.4, 0.5) is 0 Å². The molecule has 0 aromatic carbocycles. The number of aliphatic carboxylic acids is 1. The summed E-state index contributed by atoms with van der Waals surface area (Å²) in [5, 5.41) is 6.63. The van der Waals surface area contributed by atoms with Crippen molar-refractivity contribution in [2.45, 2.75) is 9.17 Å². The summed E-state index contributed by atoms with van der Waals surface area (Å²) in [4.78, 5) is 9.96. The van der Waals surface area contributed by atoms with E-state index in [9.17, 15) is 4.79 Å². The van der Waals surface area contributed by atoms with Gasteiger partial charge in [-0.25, -0.2) is 0 Å². The summed E-state index contributed by atoms with van der Waals surface area (Å²) in [5.41, 5.74) is 0. The van der Waals surface area contributed by atoms with Crippen LogP contribution in [0.3, 0.4) is 0 Å². The van der Waals surface area contributed by atoms with E-state index in [0.29, 0.717) is 0 Å². The van der Waals surface area contributed by atoms with Gasteiger partial charge in [0.25, 0.3) is 0 Å². The Balaban J connectivity index is 4.04. The molecule has 0 aliphatic rings. The highest BCUT2D eigenvalue weighted by atomic mass is 35.6. The van der Waals surface area contributed by atoms with Crippen molar-refractivity contribution in [2.24, 2.45) is 0 Å². The van der Waals surface area contributed by atoms with Crippen molar-refractivity contribution >= 4 is 52.4 Å². The molecular weight excluding hydrogens is 210 g/mol. The smallest absolute Gasteiger partial charge is 0.326 e. The van der Waals surface area contributed by atoms with Gasteiger partial charge in [0.15, 0.2) is 5.38 Å². The number of carbonyl (C=O) groups is 1. The van der Waals surface area contributed by atoms with Crippen molar-refractivity contribution in [3.63, 3.8) is 0 Å². The highest BCUT2D eigenvalue weighted by Crippen LogP contribution is 2.33. The van der Waals surface area contributed by atoms with Gasteiger partial charge >= 0.3 is 5.97 Å². The highest BCUT2D eigenvalue weighted by Gasteiger charge is 2.36. The summed E-state index contributed by atoms with van der Waals surface area (Å²) in [7, 11) is 0. The van der Waals surface area contributed by atoms with Crippen LogP contribution in [0.1, 0.15) is 0 Å². The Hall–Kier alpha value is 0.630. The minimum Gasteiger partial charge on any atom is -0.480 e. The van der Waals surface area contributed by atoms with Crippen molar-refractivity contribution in [1.82, 2.24) is 0 Å². The van der Waals surface area contributed by atoms with E-state index >= 15 is 0 Å². The third kappa shape index (κ3) is 3.36. The Morgan fingerprint density at radius 2 is 1.78 bits per heavy atom. The minimum absolute atomic E-state index is 1.35. The summed E-state index contributed by atoms with van der Waals surface area (Å²) < 4.78 is -1.94. The normalized spacial score (nSPS) is 15.1. The van der Waals surface area contributed by atoms with Crippen LogP contribution >= 0.6 is 46.4 Å². The Morgan fingerprint density at radius 3 is 1.78 bits per heavy atom. The molecule has 0 fully saturated rings. The van der Waals surface area contributed by atoms with E-state index in [1.165, 1.54) is 0 Å². The van der Waals surface area contributed by atoms with Crippen molar-refractivity contribution in [3.05, 3.63) is 0 Å².